The fourth-order valence-electron chi connectivity index (χ4n) is 6.00. The van der Waals surface area contributed by atoms with Crippen LogP contribution in [-0.4, -0.2) is 99.1 Å². The molecule has 5 atom stereocenters. The molecule has 0 saturated heterocycles. The number of aromatic amines is 1. The first-order chi connectivity index (χ1) is 27.5. The van der Waals surface area contributed by atoms with E-state index in [9.17, 15) is 33.9 Å². The van der Waals surface area contributed by atoms with Gasteiger partial charge in [-0.3, -0.25) is 24.6 Å². The Hall–Kier alpha value is -5.81. The Morgan fingerprint density at radius 1 is 0.914 bits per heavy atom. The van der Waals surface area contributed by atoms with Gasteiger partial charge >= 0.3 is 11.9 Å². The van der Waals surface area contributed by atoms with Crippen molar-refractivity contribution in [2.24, 2.45) is 11.7 Å². The second kappa shape index (κ2) is 22.2. The number of carbonyl (C=O) groups excluding carboxylic acids is 6. The SMILES string of the molecule is CC[C@H](C)[C@@H](C(=O)NC(Cc1ccccc1)C(=O)OC)N(NC(=O)C(Cc1cnc[nH]1)NC(=O)C(N)Cc1ccc(C(=O)OC(C)(C)C)c(N)c1)C(=O)CCCCO. The van der Waals surface area contributed by atoms with E-state index < -0.39 is 71.3 Å². The number of imidazole rings is 1. The molecule has 0 aliphatic heterocycles. The molecule has 0 radical (unpaired) electrons. The number of carbonyl (C=O) groups is 6. The van der Waals surface area contributed by atoms with Gasteiger partial charge in [0.2, 0.25) is 17.7 Å². The van der Waals surface area contributed by atoms with Crippen molar-refractivity contribution < 1.29 is 43.3 Å². The monoisotopic (exact) mass is 806 g/mol. The van der Waals surface area contributed by atoms with Crippen molar-refractivity contribution in [3.63, 3.8) is 0 Å². The number of aliphatic hydroxyl groups is 1. The molecule has 0 aliphatic carbocycles. The lowest BCUT2D eigenvalue weighted by Gasteiger charge is -2.36. The summed E-state index contributed by atoms with van der Waals surface area (Å²) in [4.78, 5) is 88.3. The average Bonchev–Trinajstić information content (AvgIpc) is 3.69. The molecule has 3 unspecified atom stereocenters. The molecule has 0 spiro atoms. The molecule has 17 heteroatoms. The molecule has 58 heavy (non-hydrogen) atoms. The highest BCUT2D eigenvalue weighted by Gasteiger charge is 2.38. The topological polar surface area (TPSA) is 261 Å². The van der Waals surface area contributed by atoms with Crippen LogP contribution in [0.3, 0.4) is 0 Å². The van der Waals surface area contributed by atoms with Crippen LogP contribution in [0.5, 0.6) is 0 Å². The fraction of sp³-hybridized carbons (Fsp3) is 0.488. The summed E-state index contributed by atoms with van der Waals surface area (Å²) in [5.41, 5.74) is 16.4. The maximum absolute atomic E-state index is 14.2. The maximum Gasteiger partial charge on any atom is 0.340 e. The Kier molecular flexibility index (Phi) is 17.8. The quantitative estimate of drug-likeness (QED) is 0.0374. The normalized spacial score (nSPS) is 13.9. The fourth-order valence-corrected chi connectivity index (χ4v) is 6.00. The van der Waals surface area contributed by atoms with Crippen molar-refractivity contribution in [2.45, 2.75) is 109 Å². The summed E-state index contributed by atoms with van der Waals surface area (Å²) in [6.07, 6.45) is 3.65. The summed E-state index contributed by atoms with van der Waals surface area (Å²) in [6.45, 7) is 8.57. The Labute approximate surface area is 339 Å². The third kappa shape index (κ3) is 14.3. The summed E-state index contributed by atoms with van der Waals surface area (Å²) in [5.74, 6) is -4.75. The number of methoxy groups -OCH3 is 1. The van der Waals surface area contributed by atoms with Crippen LogP contribution in [0.1, 0.15) is 87.5 Å². The van der Waals surface area contributed by atoms with Gasteiger partial charge in [-0.25, -0.2) is 19.6 Å². The number of aromatic nitrogens is 2. The van der Waals surface area contributed by atoms with Crippen molar-refractivity contribution in [1.82, 2.24) is 31.0 Å². The molecule has 17 nitrogen and oxygen atoms in total. The molecule has 1 heterocycles. The van der Waals surface area contributed by atoms with Crippen LogP contribution in [0, 0.1) is 5.92 Å². The van der Waals surface area contributed by atoms with Gasteiger partial charge in [-0.05, 0) is 69.2 Å². The zero-order chi connectivity index (χ0) is 43.0. The molecule has 3 rings (SSSR count). The number of nitrogens with one attached hydrogen (secondary N) is 4. The van der Waals surface area contributed by atoms with E-state index in [1.54, 1.807) is 58.0 Å². The zero-order valence-electron chi connectivity index (χ0n) is 34.1. The minimum atomic E-state index is -1.33. The van der Waals surface area contributed by atoms with Crippen LogP contribution < -0.4 is 27.5 Å². The number of esters is 2. The molecular formula is C41H58N8O9. The van der Waals surface area contributed by atoms with Crippen LogP contribution in [0.2, 0.25) is 0 Å². The third-order valence-electron chi connectivity index (χ3n) is 9.25. The molecule has 0 aliphatic rings. The van der Waals surface area contributed by atoms with Crippen LogP contribution in [0.15, 0.2) is 61.1 Å². The van der Waals surface area contributed by atoms with Gasteiger partial charge in [0.05, 0.1) is 25.0 Å². The Morgan fingerprint density at radius 2 is 1.60 bits per heavy atom. The number of hydrogen-bond donors (Lipinski definition) is 7. The number of rotatable bonds is 20. The van der Waals surface area contributed by atoms with Crippen LogP contribution in [0.4, 0.5) is 5.69 Å². The average molecular weight is 807 g/mol. The van der Waals surface area contributed by atoms with Crippen molar-refractivity contribution >= 4 is 41.3 Å². The minimum Gasteiger partial charge on any atom is -0.467 e. The number of hydrogen-bond acceptors (Lipinski definition) is 12. The Bertz CT molecular complexity index is 1830. The lowest BCUT2D eigenvalue weighted by atomic mass is 9.96. The molecule has 316 valence electrons. The number of benzene rings is 2. The third-order valence-corrected chi connectivity index (χ3v) is 9.25. The summed E-state index contributed by atoms with van der Waals surface area (Å²) in [6, 6.07) is 8.67. The van der Waals surface area contributed by atoms with E-state index in [-0.39, 0.29) is 50.0 Å². The number of anilines is 1. The molecule has 1 aromatic heterocycles. The molecule has 3 aromatic rings. The van der Waals surface area contributed by atoms with Crippen LogP contribution in [0.25, 0.3) is 0 Å². The summed E-state index contributed by atoms with van der Waals surface area (Å²) < 4.78 is 10.4. The Balaban J connectivity index is 1.90. The second-order valence-corrected chi connectivity index (χ2v) is 15.1. The van der Waals surface area contributed by atoms with Crippen molar-refractivity contribution in [2.75, 3.05) is 19.5 Å². The molecule has 0 fully saturated rings. The second-order valence-electron chi connectivity index (χ2n) is 15.1. The number of H-pyrrole nitrogens is 1. The van der Waals surface area contributed by atoms with Gasteiger partial charge in [-0.15, -0.1) is 0 Å². The van der Waals surface area contributed by atoms with Crippen molar-refractivity contribution in [1.29, 1.82) is 0 Å². The van der Waals surface area contributed by atoms with Gasteiger partial charge in [0.1, 0.15) is 23.7 Å². The lowest BCUT2D eigenvalue weighted by Crippen LogP contribution is -2.64. The van der Waals surface area contributed by atoms with E-state index in [0.29, 0.717) is 24.1 Å². The van der Waals surface area contributed by atoms with Gasteiger partial charge in [-0.1, -0.05) is 56.7 Å². The molecule has 4 amide bonds. The van der Waals surface area contributed by atoms with Crippen LogP contribution >= 0.6 is 0 Å². The first-order valence-corrected chi connectivity index (χ1v) is 19.3. The maximum atomic E-state index is 14.2. The van der Waals surface area contributed by atoms with Gasteiger partial charge < -0.3 is 41.7 Å². The number of unbranched alkanes of at least 4 members (excludes halogenated alkanes) is 1. The van der Waals surface area contributed by atoms with Gasteiger partial charge in [-0.2, -0.15) is 0 Å². The highest BCUT2D eigenvalue weighted by molar-refractivity contribution is 5.96. The lowest BCUT2D eigenvalue weighted by molar-refractivity contribution is -0.153. The van der Waals surface area contributed by atoms with Crippen molar-refractivity contribution in [3.05, 3.63) is 83.4 Å². The van der Waals surface area contributed by atoms with E-state index in [4.69, 9.17) is 20.9 Å². The number of hydrazine groups is 1. The van der Waals surface area contributed by atoms with E-state index in [1.165, 1.54) is 31.8 Å². The predicted molar refractivity (Wildman–Crippen MR) is 215 cm³/mol. The Morgan fingerprint density at radius 3 is 2.19 bits per heavy atom. The number of ether oxygens (including phenoxy) is 2. The number of nitrogens with two attached hydrogens (primary N) is 2. The number of nitrogens with zero attached hydrogens (tertiary/aromatic N) is 2. The molecule has 9 N–H and O–H groups in total. The number of nitrogen functional groups attached to an aromatic ring is 1. The zero-order valence-corrected chi connectivity index (χ0v) is 34.1. The minimum absolute atomic E-state index is 0.0148. The molecule has 0 bridgehead atoms. The summed E-state index contributed by atoms with van der Waals surface area (Å²) in [5, 5.41) is 15.8. The van der Waals surface area contributed by atoms with Crippen molar-refractivity contribution in [3.8, 4) is 0 Å². The van der Waals surface area contributed by atoms with Crippen LogP contribution in [-0.2, 0) is 52.7 Å². The van der Waals surface area contributed by atoms with E-state index >= 15 is 0 Å². The first kappa shape index (κ1) is 46.6. The highest BCUT2D eigenvalue weighted by Crippen LogP contribution is 2.21. The highest BCUT2D eigenvalue weighted by atomic mass is 16.6. The van der Waals surface area contributed by atoms with Gasteiger partial charge in [0.25, 0.3) is 5.91 Å². The number of aliphatic hydroxyl groups excluding tert-OH is 1. The van der Waals surface area contributed by atoms with Gasteiger partial charge in [0, 0.05) is 43.4 Å². The van der Waals surface area contributed by atoms with Gasteiger partial charge in [0.15, 0.2) is 0 Å². The molecule has 0 saturated carbocycles. The first-order valence-electron chi connectivity index (χ1n) is 19.3. The summed E-state index contributed by atoms with van der Waals surface area (Å²) in [7, 11) is 1.20. The standard InChI is InChI=1S/C41H58N8O9/c1-7-25(2)35(38(54)47-33(40(56)57-6)21-26-13-9-8-10-14-26)49(34(51)15-11-12-18-50)48-37(53)32(22-28-23-44-24-45-28)46-36(52)31(43)20-27-16-17-29(30(42)19-27)39(55)58-41(3,4)5/h8-10,13-14,16-17,19,23-25,31-33,35,50H,7,11-12,15,18,20-22,42-43H2,1-6H3,(H,44,45)(H,46,52)(H,47,54)(H,48,53)/t25-,31?,32?,33?,35-/m0/s1. The van der Waals surface area contributed by atoms with E-state index in [1.807, 2.05) is 13.0 Å². The predicted octanol–water partition coefficient (Wildman–Crippen LogP) is 1.88. The number of amides is 4. The van der Waals surface area contributed by atoms with E-state index in [0.717, 1.165) is 10.6 Å². The smallest absolute Gasteiger partial charge is 0.340 e. The van der Waals surface area contributed by atoms with E-state index in [2.05, 4.69) is 26.0 Å². The summed E-state index contributed by atoms with van der Waals surface area (Å²) >= 11 is 0. The molecule has 2 aromatic carbocycles. The largest absolute Gasteiger partial charge is 0.467 e. The molecular weight excluding hydrogens is 748 g/mol.